The van der Waals surface area contributed by atoms with Crippen molar-refractivity contribution in [3.63, 3.8) is 0 Å². The van der Waals surface area contributed by atoms with Gasteiger partial charge in [-0.05, 0) is 18.2 Å². The molecule has 0 saturated heterocycles. The Kier molecular flexibility index (Phi) is 4.94. The minimum Gasteiger partial charge on any atom is -0.227 e. The third kappa shape index (κ3) is 3.28. The minimum absolute atomic E-state index is 0.996. The summed E-state index contributed by atoms with van der Waals surface area (Å²) in [6, 6.07) is 7.84. The van der Waals surface area contributed by atoms with Gasteiger partial charge < -0.3 is 0 Å². The molecule has 0 saturated carbocycles. The molecule has 0 unspecified atom stereocenters. The van der Waals surface area contributed by atoms with Gasteiger partial charge in [0.1, 0.15) is 0 Å². The zero-order valence-electron chi connectivity index (χ0n) is 6.39. The third-order valence-electron chi connectivity index (χ3n) is 1.11. The van der Waals surface area contributed by atoms with Gasteiger partial charge in [0, 0.05) is 9.79 Å². The van der Waals surface area contributed by atoms with Crippen molar-refractivity contribution < 1.29 is 9.22 Å². The van der Waals surface area contributed by atoms with Gasteiger partial charge >= 0.3 is 0 Å². The summed E-state index contributed by atoms with van der Waals surface area (Å²) in [7, 11) is 2.88. The van der Waals surface area contributed by atoms with E-state index >= 15 is 0 Å². The molecule has 12 heavy (non-hydrogen) atoms. The van der Waals surface area contributed by atoms with Crippen LogP contribution in [-0.4, -0.2) is 7.11 Å². The van der Waals surface area contributed by atoms with Gasteiger partial charge in [-0.1, -0.05) is 16.9 Å². The van der Waals surface area contributed by atoms with Crippen molar-refractivity contribution in [3.05, 3.63) is 24.3 Å². The first-order chi connectivity index (χ1) is 5.86. The van der Waals surface area contributed by atoms with Crippen LogP contribution in [0.4, 0.5) is 0 Å². The van der Waals surface area contributed by atoms with Crippen LogP contribution in [0.2, 0.25) is 0 Å². The summed E-state index contributed by atoms with van der Waals surface area (Å²) in [5.74, 6) is 0. The zero-order valence-corrected chi connectivity index (χ0v) is 8.92. The molecule has 0 aliphatic carbocycles. The van der Waals surface area contributed by atoms with Crippen LogP contribution >= 0.6 is 34.5 Å². The zero-order chi connectivity index (χ0) is 8.81. The molecule has 5 heteroatoms. The second-order valence-electron chi connectivity index (χ2n) is 1.88. The summed E-state index contributed by atoms with van der Waals surface area (Å²) < 4.78 is 4.70. The van der Waals surface area contributed by atoms with E-state index in [1.165, 1.54) is 29.9 Å². The number of hydrogen-bond acceptors (Lipinski definition) is 5. The van der Waals surface area contributed by atoms with Gasteiger partial charge in [-0.3, -0.25) is 0 Å². The summed E-state index contributed by atoms with van der Waals surface area (Å²) in [6.07, 6.45) is 0. The molecule has 0 fully saturated rings. The molecule has 0 atom stereocenters. The Morgan fingerprint density at radius 3 is 2.75 bits per heavy atom. The van der Waals surface area contributed by atoms with Crippen molar-refractivity contribution in [2.75, 3.05) is 7.11 Å². The van der Waals surface area contributed by atoms with Crippen LogP contribution in [0.15, 0.2) is 34.1 Å². The Bertz CT molecular complexity index is 242. The van der Waals surface area contributed by atoms with E-state index < -0.39 is 0 Å². The molecule has 0 spiro atoms. The Morgan fingerprint density at radius 2 is 2.08 bits per heavy atom. The van der Waals surface area contributed by atoms with Gasteiger partial charge in [0.2, 0.25) is 0 Å². The van der Waals surface area contributed by atoms with Gasteiger partial charge in [-0.15, -0.1) is 11.7 Å². The molecule has 1 rings (SSSR count). The molecular weight excluding hydrogens is 212 g/mol. The maximum Gasteiger partial charge on any atom is 0.0725 e. The van der Waals surface area contributed by atoms with Crippen LogP contribution in [0.5, 0.6) is 0 Å². The van der Waals surface area contributed by atoms with E-state index in [0.717, 1.165) is 9.79 Å². The van der Waals surface area contributed by atoms with Gasteiger partial charge in [0.15, 0.2) is 0 Å². The summed E-state index contributed by atoms with van der Waals surface area (Å²) in [5, 5.41) is 0. The lowest BCUT2D eigenvalue weighted by atomic mass is 10.4. The third-order valence-corrected chi connectivity index (χ3v) is 2.86. The molecule has 0 amide bonds. The van der Waals surface area contributed by atoms with Gasteiger partial charge in [-0.2, -0.15) is 4.33 Å². The van der Waals surface area contributed by atoms with E-state index in [1.54, 1.807) is 0 Å². The molecule has 0 aliphatic heterocycles. The smallest absolute Gasteiger partial charge is 0.0725 e. The van der Waals surface area contributed by atoms with E-state index in [9.17, 15) is 0 Å². The minimum atomic E-state index is 0.996. The summed E-state index contributed by atoms with van der Waals surface area (Å²) >= 11 is 5.26. The fourth-order valence-corrected chi connectivity index (χ4v) is 1.85. The lowest BCUT2D eigenvalue weighted by Gasteiger charge is -1.99. The van der Waals surface area contributed by atoms with Crippen molar-refractivity contribution in [1.82, 2.24) is 0 Å². The van der Waals surface area contributed by atoms with Gasteiger partial charge in [0.05, 0.1) is 19.2 Å². The predicted molar refractivity (Wildman–Crippen MR) is 55.2 cm³/mol. The highest BCUT2D eigenvalue weighted by Gasteiger charge is 1.96. The monoisotopic (exact) mass is 220 g/mol. The van der Waals surface area contributed by atoms with Crippen molar-refractivity contribution >= 4 is 34.5 Å². The molecule has 0 aromatic heterocycles. The molecule has 1 aromatic rings. The Balaban J connectivity index is 2.60. The average Bonchev–Trinajstić information content (AvgIpc) is 2.15. The quantitative estimate of drug-likeness (QED) is 0.276. The number of hydrogen-bond donors (Lipinski definition) is 1. The van der Waals surface area contributed by atoms with Crippen molar-refractivity contribution in [2.45, 2.75) is 9.79 Å². The lowest BCUT2D eigenvalue weighted by molar-refractivity contribution is -0.160. The molecule has 1 aromatic carbocycles. The fraction of sp³-hybridized carbons (Fsp3) is 0.143. The van der Waals surface area contributed by atoms with Crippen molar-refractivity contribution in [1.29, 1.82) is 0 Å². The normalized spacial score (nSPS) is 10.2. The lowest BCUT2D eigenvalue weighted by Crippen LogP contribution is -1.77. The van der Waals surface area contributed by atoms with E-state index in [-0.39, 0.29) is 0 Å². The Labute approximate surface area is 85.0 Å². The highest BCUT2D eigenvalue weighted by molar-refractivity contribution is 8.68. The number of thiol groups is 1. The highest BCUT2D eigenvalue weighted by Crippen LogP contribution is 2.27. The molecule has 0 radical (unpaired) electrons. The summed E-state index contributed by atoms with van der Waals surface area (Å²) in [4.78, 5) is 6.54. The maximum atomic E-state index is 4.70. The van der Waals surface area contributed by atoms with Crippen LogP contribution in [0.3, 0.4) is 0 Å². The molecule has 2 nitrogen and oxygen atoms in total. The van der Waals surface area contributed by atoms with Crippen LogP contribution in [-0.2, 0) is 9.22 Å². The topological polar surface area (TPSA) is 18.5 Å². The van der Waals surface area contributed by atoms with Gasteiger partial charge in [0.25, 0.3) is 0 Å². The number of rotatable bonds is 4. The molecular formula is C7H8O2S3. The van der Waals surface area contributed by atoms with Gasteiger partial charge in [-0.25, -0.2) is 4.89 Å². The molecule has 0 heterocycles. The van der Waals surface area contributed by atoms with Crippen molar-refractivity contribution in [2.24, 2.45) is 0 Å². The second-order valence-corrected chi connectivity index (χ2v) is 3.86. The van der Waals surface area contributed by atoms with E-state index in [4.69, 9.17) is 4.33 Å². The first-order valence-corrected chi connectivity index (χ1v) is 5.76. The first kappa shape index (κ1) is 10.3. The standard InChI is InChI=1S/C7H8O2S3/c1-8-9-11-6-3-2-4-7(5-6)12-10/h2-5,10H,1H3. The summed E-state index contributed by atoms with van der Waals surface area (Å²) in [6.45, 7) is 0. The second kappa shape index (κ2) is 5.77. The van der Waals surface area contributed by atoms with E-state index in [0.29, 0.717) is 0 Å². The molecule has 0 aliphatic rings. The number of benzene rings is 1. The molecule has 66 valence electrons. The van der Waals surface area contributed by atoms with Crippen LogP contribution in [0.25, 0.3) is 0 Å². The average molecular weight is 220 g/mol. The van der Waals surface area contributed by atoms with Crippen LogP contribution in [0.1, 0.15) is 0 Å². The molecule has 0 N–H and O–H groups in total. The SMILES string of the molecule is COOSc1cccc(SS)c1. The Hall–Kier alpha value is 0.190. The largest absolute Gasteiger partial charge is 0.227 e. The fourth-order valence-electron chi connectivity index (χ4n) is 0.656. The first-order valence-electron chi connectivity index (χ1n) is 3.15. The molecule has 0 bridgehead atoms. The van der Waals surface area contributed by atoms with E-state index in [1.807, 2.05) is 24.3 Å². The summed E-state index contributed by atoms with van der Waals surface area (Å²) in [5.41, 5.74) is 0. The Morgan fingerprint density at radius 1 is 1.33 bits per heavy atom. The van der Waals surface area contributed by atoms with Crippen LogP contribution in [0, 0.1) is 0 Å². The van der Waals surface area contributed by atoms with E-state index in [2.05, 4.69) is 16.5 Å². The maximum absolute atomic E-state index is 4.70. The van der Waals surface area contributed by atoms with Crippen LogP contribution < -0.4 is 0 Å². The predicted octanol–water partition coefficient (Wildman–Crippen LogP) is 3.21. The van der Waals surface area contributed by atoms with Crippen molar-refractivity contribution in [3.8, 4) is 0 Å². The highest BCUT2D eigenvalue weighted by atomic mass is 33.1.